The Morgan fingerprint density at radius 3 is 1.73 bits per heavy atom. The molecule has 0 bridgehead atoms. The fourth-order valence-corrected chi connectivity index (χ4v) is 6.94. The number of hydrogen-bond acceptors (Lipinski definition) is 4. The zero-order chi connectivity index (χ0) is 16.8. The first-order valence-corrected chi connectivity index (χ1v) is 11.5. The molecule has 0 aromatic rings. The van der Waals surface area contributed by atoms with Gasteiger partial charge in [-0.2, -0.15) is 5.09 Å². The normalized spacial score (nSPS) is 17.2. The van der Waals surface area contributed by atoms with Crippen molar-refractivity contribution < 1.29 is 0 Å². The third-order valence-corrected chi connectivity index (χ3v) is 8.81. The molecule has 0 aromatic carbocycles. The Morgan fingerprint density at radius 2 is 1.27 bits per heavy atom. The van der Waals surface area contributed by atoms with Crippen molar-refractivity contribution in [3.8, 4) is 0 Å². The van der Waals surface area contributed by atoms with E-state index in [0.717, 1.165) is 45.1 Å². The van der Waals surface area contributed by atoms with Gasteiger partial charge in [-0.25, -0.2) is 0 Å². The summed E-state index contributed by atoms with van der Waals surface area (Å²) in [5.41, 5.74) is 13.3. The van der Waals surface area contributed by atoms with E-state index in [1.807, 2.05) is 0 Å². The molecule has 22 heavy (non-hydrogen) atoms. The maximum atomic E-state index is 6.66. The fourth-order valence-electron chi connectivity index (χ4n) is 2.85. The van der Waals surface area contributed by atoms with Gasteiger partial charge in [-0.15, -0.1) is 0 Å². The van der Waals surface area contributed by atoms with Gasteiger partial charge >= 0.3 is 0 Å². The van der Waals surface area contributed by atoms with Gasteiger partial charge in [0.05, 0.1) is 0 Å². The highest BCUT2D eigenvalue weighted by molar-refractivity contribution is 7.75. The molecular formula is C17H42N4P+. The quantitative estimate of drug-likeness (QED) is 0.271. The van der Waals surface area contributed by atoms with E-state index in [-0.39, 0.29) is 11.6 Å². The van der Waals surface area contributed by atoms with Crippen LogP contribution in [0.2, 0.25) is 0 Å². The number of unbranched alkanes of at least 4 members (excludes halogenated alkanes) is 2. The van der Waals surface area contributed by atoms with Crippen LogP contribution in [-0.4, -0.2) is 30.9 Å². The first-order valence-electron chi connectivity index (χ1n) is 9.43. The maximum absolute atomic E-state index is 6.66. The number of nitrogens with one attached hydrogen (secondary N) is 2. The molecule has 4 nitrogen and oxygen atoms in total. The fraction of sp³-hybridized carbons (Fsp3) is 1.00. The molecule has 5 heteroatoms. The van der Waals surface area contributed by atoms with Gasteiger partial charge in [0.25, 0.3) is 0 Å². The van der Waals surface area contributed by atoms with Gasteiger partial charge < -0.3 is 0 Å². The summed E-state index contributed by atoms with van der Waals surface area (Å²) in [7, 11) is -1.59. The predicted molar refractivity (Wildman–Crippen MR) is 103 cm³/mol. The lowest BCUT2D eigenvalue weighted by Gasteiger charge is -2.37. The standard InChI is InChI=1S/C17H42N4P/c1-5-9-13-20-15-22(16(18)11-7-3,17(19)12-8-4)21-14-10-6-2/h16-17,20-21H,5-15,18-19H2,1-4H3/q+1. The molecule has 0 fully saturated rings. The highest BCUT2D eigenvalue weighted by Crippen LogP contribution is 2.61. The average molecular weight is 334 g/mol. The molecule has 2 unspecified atom stereocenters. The van der Waals surface area contributed by atoms with E-state index in [4.69, 9.17) is 11.5 Å². The van der Waals surface area contributed by atoms with Crippen LogP contribution in [-0.2, 0) is 0 Å². The molecule has 134 valence electrons. The van der Waals surface area contributed by atoms with Crippen molar-refractivity contribution in [2.24, 2.45) is 11.5 Å². The summed E-state index contributed by atoms with van der Waals surface area (Å²) in [5.74, 6) is 0.426. The van der Waals surface area contributed by atoms with E-state index < -0.39 is 7.41 Å². The molecule has 0 aliphatic carbocycles. The van der Waals surface area contributed by atoms with Gasteiger partial charge in [-0.3, -0.25) is 16.8 Å². The van der Waals surface area contributed by atoms with E-state index in [1.54, 1.807) is 0 Å². The molecule has 0 aliphatic rings. The lowest BCUT2D eigenvalue weighted by molar-refractivity contribution is 0.639. The number of nitrogens with two attached hydrogens (primary N) is 2. The van der Waals surface area contributed by atoms with Gasteiger partial charge in [-0.1, -0.05) is 53.4 Å². The van der Waals surface area contributed by atoms with Gasteiger partial charge in [0.15, 0.2) is 0 Å². The van der Waals surface area contributed by atoms with Crippen molar-refractivity contribution in [3.05, 3.63) is 0 Å². The van der Waals surface area contributed by atoms with Crippen LogP contribution in [0.25, 0.3) is 0 Å². The molecule has 0 saturated heterocycles. The van der Waals surface area contributed by atoms with E-state index >= 15 is 0 Å². The van der Waals surface area contributed by atoms with Crippen molar-refractivity contribution in [1.82, 2.24) is 10.4 Å². The zero-order valence-corrected chi connectivity index (χ0v) is 16.4. The van der Waals surface area contributed by atoms with Crippen molar-refractivity contribution in [1.29, 1.82) is 0 Å². The third-order valence-electron chi connectivity index (χ3n) is 4.37. The number of hydrogen-bond donors (Lipinski definition) is 4. The molecule has 0 amide bonds. The van der Waals surface area contributed by atoms with E-state index in [0.29, 0.717) is 0 Å². The summed E-state index contributed by atoms with van der Waals surface area (Å²) in [4.78, 5) is 0. The van der Waals surface area contributed by atoms with Crippen molar-refractivity contribution in [2.45, 2.75) is 90.6 Å². The molecule has 6 N–H and O–H groups in total. The summed E-state index contributed by atoms with van der Waals surface area (Å²) in [5, 5.41) is 7.54. The minimum absolute atomic E-state index is 0.213. The van der Waals surface area contributed by atoms with Crippen LogP contribution in [0.15, 0.2) is 0 Å². The van der Waals surface area contributed by atoms with Crippen LogP contribution < -0.4 is 21.9 Å². The Balaban J connectivity index is 5.01. The first-order chi connectivity index (χ1) is 10.6. The molecule has 0 radical (unpaired) electrons. The maximum Gasteiger partial charge on any atom is 0.135 e. The van der Waals surface area contributed by atoms with Crippen molar-refractivity contribution in [3.63, 3.8) is 0 Å². The minimum atomic E-state index is -1.59. The Bertz CT molecular complexity index is 239. The number of rotatable bonds is 15. The van der Waals surface area contributed by atoms with Gasteiger partial charge in [0.1, 0.15) is 25.3 Å². The highest BCUT2D eigenvalue weighted by Gasteiger charge is 2.48. The van der Waals surface area contributed by atoms with E-state index in [9.17, 15) is 0 Å². The molecule has 0 aliphatic heterocycles. The van der Waals surface area contributed by atoms with Gasteiger partial charge in [-0.05, 0) is 32.2 Å². The topological polar surface area (TPSA) is 76.1 Å². The summed E-state index contributed by atoms with van der Waals surface area (Å²) in [6.07, 6.45) is 10.2. The molecule has 2 atom stereocenters. The largest absolute Gasteiger partial charge is 0.295 e. The van der Waals surface area contributed by atoms with Crippen molar-refractivity contribution >= 4 is 7.41 Å². The zero-order valence-electron chi connectivity index (χ0n) is 15.5. The Labute approximate surface area is 139 Å². The smallest absolute Gasteiger partial charge is 0.135 e. The van der Waals surface area contributed by atoms with E-state index in [1.165, 1.54) is 25.7 Å². The van der Waals surface area contributed by atoms with Crippen LogP contribution in [0.3, 0.4) is 0 Å². The SMILES string of the molecule is CCCCNC[P+](NCCCC)(C(N)CCC)C(N)CCC. The third kappa shape index (κ3) is 7.70. The molecular weight excluding hydrogens is 291 g/mol. The Morgan fingerprint density at radius 1 is 0.773 bits per heavy atom. The summed E-state index contributed by atoms with van der Waals surface area (Å²) < 4.78 is 0. The highest BCUT2D eigenvalue weighted by atomic mass is 31.2. The lowest BCUT2D eigenvalue weighted by atomic mass is 10.3. The Kier molecular flexibility index (Phi) is 13.9. The summed E-state index contributed by atoms with van der Waals surface area (Å²) >= 11 is 0. The monoisotopic (exact) mass is 333 g/mol. The second-order valence-corrected chi connectivity index (χ2v) is 10.2. The molecule has 0 rings (SSSR count). The average Bonchev–Trinajstić information content (AvgIpc) is 2.50. The minimum Gasteiger partial charge on any atom is -0.295 e. The van der Waals surface area contributed by atoms with Crippen LogP contribution in [0.4, 0.5) is 0 Å². The second kappa shape index (κ2) is 13.7. The van der Waals surface area contributed by atoms with Gasteiger partial charge in [0, 0.05) is 6.54 Å². The molecule has 0 heterocycles. The van der Waals surface area contributed by atoms with Crippen molar-refractivity contribution in [2.75, 3.05) is 19.4 Å². The van der Waals surface area contributed by atoms with E-state index in [2.05, 4.69) is 38.1 Å². The Hall–Kier alpha value is 0.270. The molecule has 0 saturated carbocycles. The first kappa shape index (κ1) is 22.3. The predicted octanol–water partition coefficient (Wildman–Crippen LogP) is 3.83. The molecule has 0 spiro atoms. The van der Waals surface area contributed by atoms with Crippen LogP contribution >= 0.6 is 7.41 Å². The van der Waals surface area contributed by atoms with Gasteiger partial charge in [0.2, 0.25) is 0 Å². The van der Waals surface area contributed by atoms with Crippen LogP contribution in [0, 0.1) is 0 Å². The molecule has 0 aromatic heterocycles. The lowest BCUT2D eigenvalue weighted by Crippen LogP contribution is -2.47. The second-order valence-electron chi connectivity index (χ2n) is 6.42. The summed E-state index contributed by atoms with van der Waals surface area (Å²) in [6.45, 7) is 11.0. The summed E-state index contributed by atoms with van der Waals surface area (Å²) in [6, 6.07) is 0. The van der Waals surface area contributed by atoms with Crippen LogP contribution in [0.5, 0.6) is 0 Å². The van der Waals surface area contributed by atoms with Crippen LogP contribution in [0.1, 0.15) is 79.1 Å².